The van der Waals surface area contributed by atoms with E-state index in [2.05, 4.69) is 30.6 Å². The van der Waals surface area contributed by atoms with E-state index in [0.29, 0.717) is 31.1 Å². The quantitative estimate of drug-likeness (QED) is 0.410. The van der Waals surface area contributed by atoms with E-state index in [1.165, 1.54) is 19.8 Å². The number of phenolic OH excluding ortho intramolecular Hbond substituents is 1. The average Bonchev–Trinajstić information content (AvgIpc) is 3.71. The van der Waals surface area contributed by atoms with Crippen molar-refractivity contribution in [2.45, 2.75) is 88.5 Å². The lowest BCUT2D eigenvalue weighted by molar-refractivity contribution is -0.224. The van der Waals surface area contributed by atoms with Crippen molar-refractivity contribution in [2.24, 2.45) is 11.8 Å². The van der Waals surface area contributed by atoms with Gasteiger partial charge in [-0.3, -0.25) is 14.5 Å². The summed E-state index contributed by atoms with van der Waals surface area (Å²) in [6.45, 7) is 8.15. The summed E-state index contributed by atoms with van der Waals surface area (Å²) in [4.78, 5) is 31.3. The fourth-order valence-electron chi connectivity index (χ4n) is 8.69. The fraction of sp³-hybridized carbons (Fsp3) is 0.543. The zero-order chi connectivity index (χ0) is 29.2. The number of carbonyl (C=O) groups is 2. The van der Waals surface area contributed by atoms with Crippen LogP contribution in [0, 0.1) is 23.7 Å². The third kappa shape index (κ3) is 4.13. The number of ether oxygens (including phenoxy) is 2. The Kier molecular flexibility index (Phi) is 6.54. The van der Waals surface area contributed by atoms with Gasteiger partial charge in [0.25, 0.3) is 5.91 Å². The van der Waals surface area contributed by atoms with Gasteiger partial charge in [-0.2, -0.15) is 0 Å². The van der Waals surface area contributed by atoms with Crippen LogP contribution in [0.3, 0.4) is 0 Å². The van der Waals surface area contributed by atoms with E-state index in [-0.39, 0.29) is 35.6 Å². The number of rotatable bonds is 6. The standard InChI is InChI=1S/C35H40N2O5/c1-22(2)20-37(30(40)14-11-24-7-5-4-6-8-24)27-15-16-35(42-23(3)38)29-19-26-12-13-28(39)32-31(26)34(35,33(27)41-32)17-18-36(29)21-25-9-10-25/h4-8,12-13,22,25,27,29,33,39H,9-10,15-21H2,1-3H3/t27-,29-,33+,34+,35-/m1/s1. The van der Waals surface area contributed by atoms with E-state index in [4.69, 9.17) is 9.47 Å². The Balaban J connectivity index is 1.35. The molecule has 2 heterocycles. The molecule has 7 nitrogen and oxygen atoms in total. The second kappa shape index (κ2) is 10.1. The highest BCUT2D eigenvalue weighted by atomic mass is 16.6. The maximum atomic E-state index is 13.9. The molecule has 1 spiro atoms. The predicted molar refractivity (Wildman–Crippen MR) is 158 cm³/mol. The van der Waals surface area contributed by atoms with Crippen LogP contribution in [0.25, 0.3) is 0 Å². The molecule has 0 radical (unpaired) electrons. The first-order chi connectivity index (χ1) is 20.2. The Hall–Kier alpha value is -3.50. The van der Waals surface area contributed by atoms with E-state index in [0.717, 1.165) is 42.6 Å². The number of hydrogen-bond acceptors (Lipinski definition) is 6. The number of piperidine rings is 1. The maximum absolute atomic E-state index is 13.9. The molecule has 0 aromatic heterocycles. The van der Waals surface area contributed by atoms with Gasteiger partial charge in [0.2, 0.25) is 0 Å². The summed E-state index contributed by atoms with van der Waals surface area (Å²) < 4.78 is 13.4. The summed E-state index contributed by atoms with van der Waals surface area (Å²) in [6, 6.07) is 13.1. The molecule has 1 amide bonds. The van der Waals surface area contributed by atoms with Crippen LogP contribution in [0.4, 0.5) is 0 Å². The topological polar surface area (TPSA) is 79.3 Å². The maximum Gasteiger partial charge on any atom is 0.303 e. The third-order valence-electron chi connectivity index (χ3n) is 10.3. The number of aromatic hydroxyl groups is 1. The molecule has 5 atom stereocenters. The Morgan fingerprint density at radius 1 is 1.14 bits per heavy atom. The first-order valence-corrected chi connectivity index (χ1v) is 15.6. The van der Waals surface area contributed by atoms with Crippen LogP contribution in [-0.4, -0.2) is 70.2 Å². The number of esters is 1. The fourth-order valence-corrected chi connectivity index (χ4v) is 8.69. The van der Waals surface area contributed by atoms with Gasteiger partial charge in [-0.25, -0.2) is 0 Å². The Morgan fingerprint density at radius 3 is 2.64 bits per heavy atom. The van der Waals surface area contributed by atoms with Crippen LogP contribution in [0.15, 0.2) is 42.5 Å². The molecule has 2 aromatic carbocycles. The number of amides is 1. The van der Waals surface area contributed by atoms with E-state index in [9.17, 15) is 14.7 Å². The number of hydrogen-bond donors (Lipinski definition) is 1. The van der Waals surface area contributed by atoms with Crippen molar-refractivity contribution >= 4 is 11.9 Å². The van der Waals surface area contributed by atoms with Crippen LogP contribution >= 0.6 is 0 Å². The largest absolute Gasteiger partial charge is 0.504 e. The lowest BCUT2D eigenvalue weighted by atomic mass is 9.48. The molecule has 1 saturated heterocycles. The Labute approximate surface area is 248 Å². The summed E-state index contributed by atoms with van der Waals surface area (Å²) in [5, 5.41) is 11.1. The monoisotopic (exact) mass is 568 g/mol. The summed E-state index contributed by atoms with van der Waals surface area (Å²) in [5.41, 5.74) is 1.50. The molecule has 2 aliphatic heterocycles. The average molecular weight is 569 g/mol. The van der Waals surface area contributed by atoms with Gasteiger partial charge in [-0.05, 0) is 80.7 Å². The normalized spacial score (nSPS) is 30.5. The van der Waals surface area contributed by atoms with Crippen molar-refractivity contribution in [2.75, 3.05) is 19.6 Å². The summed E-state index contributed by atoms with van der Waals surface area (Å²) in [6.07, 6.45) is 4.81. The van der Waals surface area contributed by atoms with Crippen molar-refractivity contribution in [1.29, 1.82) is 0 Å². The van der Waals surface area contributed by atoms with Crippen LogP contribution in [0.5, 0.6) is 11.5 Å². The van der Waals surface area contributed by atoms with Gasteiger partial charge in [0, 0.05) is 37.1 Å². The van der Waals surface area contributed by atoms with E-state index in [1.54, 1.807) is 6.07 Å². The van der Waals surface area contributed by atoms with Crippen LogP contribution in [-0.2, 0) is 26.2 Å². The molecule has 2 bridgehead atoms. The Bertz CT molecular complexity index is 1470. The highest BCUT2D eigenvalue weighted by Crippen LogP contribution is 2.67. The number of likely N-dealkylation sites (tertiary alicyclic amines) is 1. The minimum absolute atomic E-state index is 0.0258. The second-order valence-electron chi connectivity index (χ2n) is 13.4. The Morgan fingerprint density at radius 2 is 1.93 bits per heavy atom. The molecule has 3 aliphatic carbocycles. The number of carbonyl (C=O) groups excluding carboxylic acids is 2. The van der Waals surface area contributed by atoms with E-state index >= 15 is 0 Å². The van der Waals surface area contributed by atoms with Gasteiger partial charge >= 0.3 is 5.97 Å². The lowest BCUT2D eigenvalue weighted by Gasteiger charge is -2.65. The zero-order valence-corrected chi connectivity index (χ0v) is 24.8. The minimum Gasteiger partial charge on any atom is -0.504 e. The van der Waals surface area contributed by atoms with Crippen molar-refractivity contribution in [3.63, 3.8) is 0 Å². The number of benzene rings is 2. The smallest absolute Gasteiger partial charge is 0.303 e. The predicted octanol–water partition coefficient (Wildman–Crippen LogP) is 4.43. The SMILES string of the molecule is CC(=O)O[C@@]12CC[C@@H](N(CC(C)C)C(=O)C#Cc3ccccc3)[C@@H]3Oc4c(O)ccc5c4[C@@]31CCN(CC1CC1)[C@@H]2C5. The summed E-state index contributed by atoms with van der Waals surface area (Å²) in [5.74, 6) is 7.01. The van der Waals surface area contributed by atoms with Gasteiger partial charge in [0.1, 0.15) is 11.7 Å². The van der Waals surface area contributed by atoms with E-state index in [1.807, 2.05) is 41.3 Å². The van der Waals surface area contributed by atoms with Gasteiger partial charge in [-0.1, -0.05) is 44.0 Å². The highest BCUT2D eigenvalue weighted by Gasteiger charge is 2.75. The highest BCUT2D eigenvalue weighted by molar-refractivity contribution is 5.94. The molecule has 2 aromatic rings. The molecule has 7 heteroatoms. The van der Waals surface area contributed by atoms with Gasteiger partial charge in [-0.15, -0.1) is 0 Å². The zero-order valence-electron chi connectivity index (χ0n) is 24.8. The molecule has 2 saturated carbocycles. The van der Waals surface area contributed by atoms with Gasteiger partial charge in [0.15, 0.2) is 11.5 Å². The molecule has 3 fully saturated rings. The second-order valence-corrected chi connectivity index (χ2v) is 13.4. The van der Waals surface area contributed by atoms with Gasteiger partial charge in [0.05, 0.1) is 17.5 Å². The van der Waals surface area contributed by atoms with Crippen LogP contribution in [0.1, 0.15) is 69.6 Å². The van der Waals surface area contributed by atoms with Crippen molar-refractivity contribution in [1.82, 2.24) is 9.80 Å². The number of phenols is 1. The molecule has 7 rings (SSSR count). The van der Waals surface area contributed by atoms with E-state index < -0.39 is 17.1 Å². The molecule has 220 valence electrons. The van der Waals surface area contributed by atoms with Crippen molar-refractivity contribution in [3.8, 4) is 23.3 Å². The van der Waals surface area contributed by atoms with Gasteiger partial charge < -0.3 is 19.5 Å². The minimum atomic E-state index is -0.790. The lowest BCUT2D eigenvalue weighted by Crippen LogP contribution is -2.79. The molecular weight excluding hydrogens is 528 g/mol. The van der Waals surface area contributed by atoms with Crippen molar-refractivity contribution < 1.29 is 24.2 Å². The summed E-state index contributed by atoms with van der Waals surface area (Å²) in [7, 11) is 0. The molecule has 1 N–H and O–H groups in total. The summed E-state index contributed by atoms with van der Waals surface area (Å²) >= 11 is 0. The third-order valence-corrected chi connectivity index (χ3v) is 10.3. The van der Waals surface area contributed by atoms with Crippen molar-refractivity contribution in [3.05, 3.63) is 59.2 Å². The molecular formula is C35H40N2O5. The van der Waals surface area contributed by atoms with Crippen LogP contribution < -0.4 is 4.74 Å². The van der Waals surface area contributed by atoms with Crippen LogP contribution in [0.2, 0.25) is 0 Å². The molecule has 5 aliphatic rings. The molecule has 0 unspecified atom stereocenters. The first-order valence-electron chi connectivity index (χ1n) is 15.6. The molecule has 42 heavy (non-hydrogen) atoms. The number of nitrogens with zero attached hydrogens (tertiary/aromatic N) is 2. The first kappa shape index (κ1) is 27.3.